The van der Waals surface area contributed by atoms with Crippen molar-refractivity contribution in [3.8, 4) is 11.3 Å². The van der Waals surface area contributed by atoms with Crippen molar-refractivity contribution in [1.82, 2.24) is 9.66 Å². The number of nitrogens with one attached hydrogen (secondary N) is 2. The minimum atomic E-state index is 0.619. The molecule has 2 aromatic carbocycles. The molecular weight excluding hydrogens is 314 g/mol. The Balaban J connectivity index is 2.07. The van der Waals surface area contributed by atoms with Gasteiger partial charge in [-0.25, -0.2) is 4.68 Å². The van der Waals surface area contributed by atoms with Crippen molar-refractivity contribution in [2.45, 2.75) is 13.8 Å². The molecule has 22 heavy (non-hydrogen) atoms. The number of H-pyrrole nitrogens is 1. The molecule has 3 nitrogen and oxygen atoms in total. The van der Waals surface area contributed by atoms with E-state index in [0.29, 0.717) is 4.77 Å². The molecule has 3 aromatic rings. The van der Waals surface area contributed by atoms with E-state index < -0.39 is 0 Å². The van der Waals surface area contributed by atoms with Crippen molar-refractivity contribution < 1.29 is 0 Å². The summed E-state index contributed by atoms with van der Waals surface area (Å²) >= 11 is 11.6. The first kappa shape index (κ1) is 14.9. The Bertz CT molecular complexity index is 865. The van der Waals surface area contributed by atoms with Crippen LogP contribution in [0.25, 0.3) is 11.3 Å². The minimum Gasteiger partial charge on any atom is -0.333 e. The molecule has 1 aromatic heterocycles. The first-order valence-electron chi connectivity index (χ1n) is 6.96. The summed E-state index contributed by atoms with van der Waals surface area (Å²) < 4.78 is 2.49. The minimum absolute atomic E-state index is 0.619. The zero-order chi connectivity index (χ0) is 15.7. The lowest BCUT2D eigenvalue weighted by Crippen LogP contribution is -2.11. The van der Waals surface area contributed by atoms with Crippen LogP contribution in [0.15, 0.2) is 48.5 Å². The highest BCUT2D eigenvalue weighted by Gasteiger charge is 2.11. The zero-order valence-electron chi connectivity index (χ0n) is 12.4. The number of anilines is 1. The molecule has 0 unspecified atom stereocenters. The van der Waals surface area contributed by atoms with Gasteiger partial charge in [0.2, 0.25) is 0 Å². The summed E-state index contributed by atoms with van der Waals surface area (Å²) in [4.78, 5) is 3.20. The number of nitrogens with zero attached hydrogens (tertiary/aromatic N) is 1. The Labute approximate surface area is 139 Å². The fourth-order valence-electron chi connectivity index (χ4n) is 2.38. The molecule has 0 aliphatic rings. The van der Waals surface area contributed by atoms with Gasteiger partial charge in [0.05, 0.1) is 11.4 Å². The summed E-state index contributed by atoms with van der Waals surface area (Å²) in [7, 11) is 0. The van der Waals surface area contributed by atoms with Crippen LogP contribution < -0.4 is 5.43 Å². The summed E-state index contributed by atoms with van der Waals surface area (Å²) in [6.45, 7) is 3.99. The number of benzene rings is 2. The Hall–Kier alpha value is -2.04. The van der Waals surface area contributed by atoms with Crippen molar-refractivity contribution in [3.05, 3.63) is 69.6 Å². The van der Waals surface area contributed by atoms with E-state index >= 15 is 0 Å². The van der Waals surface area contributed by atoms with E-state index in [2.05, 4.69) is 22.5 Å². The van der Waals surface area contributed by atoms with Crippen LogP contribution in [0.1, 0.15) is 11.3 Å². The largest absolute Gasteiger partial charge is 0.333 e. The van der Waals surface area contributed by atoms with Crippen molar-refractivity contribution in [2.24, 2.45) is 0 Å². The number of aryl methyl sites for hydroxylation is 2. The van der Waals surface area contributed by atoms with Crippen LogP contribution in [0.4, 0.5) is 5.69 Å². The standard InChI is InChI=1S/C17H16ClN3S/c1-11-8-9-14(10-15(11)18)20-21-16(12(2)19-17(21)22)13-6-4-3-5-7-13/h3-10,20H,1-2H3,(H,19,22). The lowest BCUT2D eigenvalue weighted by molar-refractivity contribution is 0.942. The van der Waals surface area contributed by atoms with Gasteiger partial charge in [0.25, 0.3) is 0 Å². The second kappa shape index (κ2) is 5.99. The van der Waals surface area contributed by atoms with Gasteiger partial charge >= 0.3 is 0 Å². The number of aromatic amines is 1. The van der Waals surface area contributed by atoms with Gasteiger partial charge in [0.15, 0.2) is 4.77 Å². The van der Waals surface area contributed by atoms with E-state index in [0.717, 1.165) is 33.2 Å². The molecule has 1 heterocycles. The quantitative estimate of drug-likeness (QED) is 0.634. The van der Waals surface area contributed by atoms with E-state index in [1.807, 2.05) is 54.9 Å². The third-order valence-corrected chi connectivity index (χ3v) is 4.23. The Morgan fingerprint density at radius 1 is 1.09 bits per heavy atom. The Kier molecular flexibility index (Phi) is 4.05. The summed E-state index contributed by atoms with van der Waals surface area (Å²) in [5.74, 6) is 0. The molecule has 0 aliphatic carbocycles. The normalized spacial score (nSPS) is 10.7. The third kappa shape index (κ3) is 2.80. The van der Waals surface area contributed by atoms with Gasteiger partial charge in [0, 0.05) is 16.3 Å². The fourth-order valence-corrected chi connectivity index (χ4v) is 2.86. The molecule has 0 fully saturated rings. The van der Waals surface area contributed by atoms with Gasteiger partial charge in [0.1, 0.15) is 0 Å². The fraction of sp³-hybridized carbons (Fsp3) is 0.118. The second-order valence-corrected chi connectivity index (χ2v) is 5.97. The molecule has 3 rings (SSSR count). The average molecular weight is 330 g/mol. The maximum atomic E-state index is 6.20. The van der Waals surface area contributed by atoms with Crippen LogP contribution in [0, 0.1) is 18.6 Å². The number of hydrogen-bond acceptors (Lipinski definition) is 2. The highest BCUT2D eigenvalue weighted by molar-refractivity contribution is 7.71. The van der Waals surface area contributed by atoms with Crippen molar-refractivity contribution in [2.75, 3.05) is 5.43 Å². The van der Waals surface area contributed by atoms with Crippen LogP contribution in [0.5, 0.6) is 0 Å². The topological polar surface area (TPSA) is 32.8 Å². The van der Waals surface area contributed by atoms with Gasteiger partial charge in [-0.05, 0) is 43.8 Å². The van der Waals surface area contributed by atoms with E-state index in [1.54, 1.807) is 0 Å². The molecule has 5 heteroatoms. The van der Waals surface area contributed by atoms with Crippen molar-refractivity contribution in [3.63, 3.8) is 0 Å². The highest BCUT2D eigenvalue weighted by Crippen LogP contribution is 2.25. The molecule has 112 valence electrons. The van der Waals surface area contributed by atoms with Gasteiger partial charge in [-0.2, -0.15) is 0 Å². The molecule has 0 amide bonds. The van der Waals surface area contributed by atoms with E-state index in [1.165, 1.54) is 0 Å². The summed E-state index contributed by atoms with van der Waals surface area (Å²) in [5.41, 5.74) is 8.39. The molecule has 0 radical (unpaired) electrons. The number of halogens is 1. The van der Waals surface area contributed by atoms with E-state index in [4.69, 9.17) is 23.8 Å². The summed E-state index contributed by atoms with van der Waals surface area (Å²) in [6.07, 6.45) is 0. The number of imidazole rings is 1. The maximum absolute atomic E-state index is 6.20. The van der Waals surface area contributed by atoms with Gasteiger partial charge in [-0.1, -0.05) is 48.0 Å². The van der Waals surface area contributed by atoms with Crippen LogP contribution >= 0.6 is 23.8 Å². The highest BCUT2D eigenvalue weighted by atomic mass is 35.5. The Morgan fingerprint density at radius 3 is 2.50 bits per heavy atom. The summed E-state index contributed by atoms with van der Waals surface area (Å²) in [6, 6.07) is 16.0. The molecule has 0 bridgehead atoms. The average Bonchev–Trinajstić information content (AvgIpc) is 2.78. The van der Waals surface area contributed by atoms with Gasteiger partial charge in [-0.15, -0.1) is 0 Å². The number of aromatic nitrogens is 2. The maximum Gasteiger partial charge on any atom is 0.197 e. The third-order valence-electron chi connectivity index (χ3n) is 3.54. The SMILES string of the molecule is Cc1ccc(Nn2c(-c3ccccc3)c(C)[nH]c2=S)cc1Cl. The monoisotopic (exact) mass is 329 g/mol. The van der Waals surface area contributed by atoms with Crippen LogP contribution in [-0.2, 0) is 0 Å². The number of hydrogen-bond donors (Lipinski definition) is 2. The van der Waals surface area contributed by atoms with E-state index in [-0.39, 0.29) is 0 Å². The van der Waals surface area contributed by atoms with Gasteiger partial charge in [-0.3, -0.25) is 5.43 Å². The zero-order valence-corrected chi connectivity index (χ0v) is 13.9. The molecular formula is C17H16ClN3S. The smallest absolute Gasteiger partial charge is 0.197 e. The van der Waals surface area contributed by atoms with Crippen LogP contribution in [-0.4, -0.2) is 9.66 Å². The molecule has 0 aliphatic heterocycles. The van der Waals surface area contributed by atoms with Crippen LogP contribution in [0.2, 0.25) is 5.02 Å². The van der Waals surface area contributed by atoms with Crippen LogP contribution in [0.3, 0.4) is 0 Å². The number of rotatable bonds is 3. The van der Waals surface area contributed by atoms with E-state index in [9.17, 15) is 0 Å². The van der Waals surface area contributed by atoms with Gasteiger partial charge < -0.3 is 4.98 Å². The molecule has 0 spiro atoms. The molecule has 2 N–H and O–H groups in total. The lowest BCUT2D eigenvalue weighted by atomic mass is 10.1. The van der Waals surface area contributed by atoms with Crippen molar-refractivity contribution >= 4 is 29.5 Å². The predicted octanol–water partition coefficient (Wildman–Crippen LogP) is 5.36. The van der Waals surface area contributed by atoms with Crippen molar-refractivity contribution in [1.29, 1.82) is 0 Å². The molecule has 0 saturated heterocycles. The molecule has 0 atom stereocenters. The summed E-state index contributed by atoms with van der Waals surface area (Å²) in [5, 5.41) is 0.727. The Morgan fingerprint density at radius 2 is 1.82 bits per heavy atom. The first-order valence-corrected chi connectivity index (χ1v) is 7.75. The first-order chi connectivity index (χ1) is 10.6. The lowest BCUT2D eigenvalue weighted by Gasteiger charge is -2.13. The predicted molar refractivity (Wildman–Crippen MR) is 95.0 cm³/mol. The second-order valence-electron chi connectivity index (χ2n) is 5.18. The molecule has 0 saturated carbocycles.